The summed E-state index contributed by atoms with van der Waals surface area (Å²) in [5.41, 5.74) is 1.17. The molecule has 1 aromatic heterocycles. The van der Waals surface area contributed by atoms with Crippen LogP contribution < -0.4 is 10.6 Å². The maximum absolute atomic E-state index is 12.2. The predicted molar refractivity (Wildman–Crippen MR) is 77.5 cm³/mol. The van der Waals surface area contributed by atoms with Gasteiger partial charge in [0.1, 0.15) is 0 Å². The predicted octanol–water partition coefficient (Wildman–Crippen LogP) is 0.820. The Morgan fingerprint density at radius 2 is 2.30 bits per heavy atom. The Morgan fingerprint density at radius 1 is 1.50 bits per heavy atom. The number of rotatable bonds is 5. The minimum atomic E-state index is -2.99. The van der Waals surface area contributed by atoms with Crippen LogP contribution in [0.1, 0.15) is 30.1 Å². The Bertz CT molecular complexity index is 586. The first-order valence-corrected chi connectivity index (χ1v) is 8.53. The third kappa shape index (κ3) is 3.69. The van der Waals surface area contributed by atoms with Crippen molar-refractivity contribution in [2.75, 3.05) is 23.4 Å². The number of nitrogens with zero attached hydrogens (tertiary/aromatic N) is 1. The van der Waals surface area contributed by atoms with E-state index in [2.05, 4.69) is 15.6 Å². The highest BCUT2D eigenvalue weighted by Crippen LogP contribution is 2.16. The van der Waals surface area contributed by atoms with Crippen LogP contribution in [-0.2, 0) is 9.84 Å². The van der Waals surface area contributed by atoms with Crippen LogP contribution in [0.2, 0.25) is 0 Å². The fraction of sp³-hybridized carbons (Fsp3) is 0.538. The van der Waals surface area contributed by atoms with Gasteiger partial charge in [-0.25, -0.2) is 8.42 Å². The zero-order valence-electron chi connectivity index (χ0n) is 11.4. The molecule has 2 heterocycles. The SMILES string of the molecule is CCCNc1cnccc1C(=O)NC1CCS(=O)(=O)C1. The average Bonchev–Trinajstić information content (AvgIpc) is 2.76. The highest BCUT2D eigenvalue weighted by molar-refractivity contribution is 7.91. The molecule has 1 aliphatic heterocycles. The fourth-order valence-electron chi connectivity index (χ4n) is 2.16. The molecular weight excluding hydrogens is 278 g/mol. The van der Waals surface area contributed by atoms with Gasteiger partial charge in [-0.2, -0.15) is 0 Å². The molecule has 0 saturated carbocycles. The molecule has 1 amide bonds. The summed E-state index contributed by atoms with van der Waals surface area (Å²) in [5, 5.41) is 5.93. The molecule has 1 aromatic rings. The zero-order valence-corrected chi connectivity index (χ0v) is 12.2. The van der Waals surface area contributed by atoms with Crippen molar-refractivity contribution >= 4 is 21.4 Å². The molecule has 0 aliphatic carbocycles. The molecule has 0 bridgehead atoms. The van der Waals surface area contributed by atoms with Gasteiger partial charge in [0.2, 0.25) is 0 Å². The van der Waals surface area contributed by atoms with Crippen molar-refractivity contribution in [3.63, 3.8) is 0 Å². The topological polar surface area (TPSA) is 88.2 Å². The molecular formula is C13H19N3O3S. The Hall–Kier alpha value is -1.63. The molecule has 1 unspecified atom stereocenters. The van der Waals surface area contributed by atoms with E-state index in [1.807, 2.05) is 6.92 Å². The minimum Gasteiger partial charge on any atom is -0.383 e. The first kappa shape index (κ1) is 14.8. The molecule has 1 saturated heterocycles. The van der Waals surface area contributed by atoms with Gasteiger partial charge in [0.25, 0.3) is 5.91 Å². The van der Waals surface area contributed by atoms with Crippen LogP contribution >= 0.6 is 0 Å². The summed E-state index contributed by atoms with van der Waals surface area (Å²) in [5.74, 6) is -0.0790. The summed E-state index contributed by atoms with van der Waals surface area (Å²) in [6.07, 6.45) is 4.58. The Labute approximate surface area is 118 Å². The number of hydrogen-bond acceptors (Lipinski definition) is 5. The van der Waals surface area contributed by atoms with E-state index in [0.29, 0.717) is 17.7 Å². The normalized spacial score (nSPS) is 20.6. The minimum absolute atomic E-state index is 0.0293. The van der Waals surface area contributed by atoms with E-state index in [9.17, 15) is 13.2 Å². The molecule has 1 aliphatic rings. The molecule has 2 N–H and O–H groups in total. The van der Waals surface area contributed by atoms with Crippen LogP contribution in [0.25, 0.3) is 0 Å². The van der Waals surface area contributed by atoms with E-state index < -0.39 is 9.84 Å². The number of nitrogens with one attached hydrogen (secondary N) is 2. The highest BCUT2D eigenvalue weighted by Gasteiger charge is 2.29. The van der Waals surface area contributed by atoms with Gasteiger partial charge in [-0.3, -0.25) is 9.78 Å². The maximum atomic E-state index is 12.2. The van der Waals surface area contributed by atoms with Crippen LogP contribution in [0.3, 0.4) is 0 Å². The van der Waals surface area contributed by atoms with Gasteiger partial charge in [-0.1, -0.05) is 6.92 Å². The number of sulfone groups is 1. The number of pyridine rings is 1. The van der Waals surface area contributed by atoms with E-state index in [0.717, 1.165) is 13.0 Å². The molecule has 20 heavy (non-hydrogen) atoms. The van der Waals surface area contributed by atoms with Crippen molar-refractivity contribution in [1.29, 1.82) is 0 Å². The molecule has 6 nitrogen and oxygen atoms in total. The highest BCUT2D eigenvalue weighted by atomic mass is 32.2. The van der Waals surface area contributed by atoms with Gasteiger partial charge in [0, 0.05) is 18.8 Å². The van der Waals surface area contributed by atoms with E-state index in [1.54, 1.807) is 18.5 Å². The van der Waals surface area contributed by atoms with E-state index >= 15 is 0 Å². The summed E-state index contributed by atoms with van der Waals surface area (Å²) >= 11 is 0. The van der Waals surface area contributed by atoms with E-state index in [1.165, 1.54) is 0 Å². The molecule has 0 aromatic carbocycles. The maximum Gasteiger partial charge on any atom is 0.253 e. The number of anilines is 1. The lowest BCUT2D eigenvalue weighted by Crippen LogP contribution is -2.36. The number of hydrogen-bond donors (Lipinski definition) is 2. The molecule has 1 atom stereocenters. The molecule has 2 rings (SSSR count). The van der Waals surface area contributed by atoms with Gasteiger partial charge < -0.3 is 10.6 Å². The molecule has 0 spiro atoms. The Kier molecular flexibility index (Phi) is 4.59. The van der Waals surface area contributed by atoms with Crippen LogP contribution in [0, 0.1) is 0 Å². The van der Waals surface area contributed by atoms with Crippen LogP contribution in [0.15, 0.2) is 18.5 Å². The number of carbonyl (C=O) groups excluding carboxylic acids is 1. The lowest BCUT2D eigenvalue weighted by molar-refractivity contribution is 0.0942. The summed E-state index contributed by atoms with van der Waals surface area (Å²) in [6, 6.07) is 1.34. The van der Waals surface area contributed by atoms with E-state index in [4.69, 9.17) is 0 Å². The Balaban J connectivity index is 2.06. The first-order chi connectivity index (χ1) is 9.52. The number of aromatic nitrogens is 1. The first-order valence-electron chi connectivity index (χ1n) is 6.71. The van der Waals surface area contributed by atoms with Crippen molar-refractivity contribution in [2.45, 2.75) is 25.8 Å². The van der Waals surface area contributed by atoms with Gasteiger partial charge in [-0.15, -0.1) is 0 Å². The van der Waals surface area contributed by atoms with Gasteiger partial charge in [0.15, 0.2) is 9.84 Å². The van der Waals surface area contributed by atoms with Crippen molar-refractivity contribution < 1.29 is 13.2 Å². The number of amides is 1. The molecule has 0 radical (unpaired) electrons. The van der Waals surface area contributed by atoms with Crippen molar-refractivity contribution in [1.82, 2.24) is 10.3 Å². The summed E-state index contributed by atoms with van der Waals surface area (Å²) < 4.78 is 22.8. The van der Waals surface area contributed by atoms with Crippen molar-refractivity contribution in [2.24, 2.45) is 0 Å². The fourth-order valence-corrected chi connectivity index (χ4v) is 3.84. The number of carbonyl (C=O) groups is 1. The van der Waals surface area contributed by atoms with Crippen LogP contribution in [-0.4, -0.2) is 43.4 Å². The smallest absolute Gasteiger partial charge is 0.253 e. The lowest BCUT2D eigenvalue weighted by atomic mass is 10.2. The Morgan fingerprint density at radius 3 is 2.95 bits per heavy atom. The van der Waals surface area contributed by atoms with E-state index in [-0.39, 0.29) is 23.5 Å². The third-order valence-electron chi connectivity index (χ3n) is 3.20. The molecule has 110 valence electrons. The average molecular weight is 297 g/mol. The standard InChI is InChI=1S/C13H19N3O3S/c1-2-5-15-12-8-14-6-3-11(12)13(17)16-10-4-7-20(18,19)9-10/h3,6,8,10,15H,2,4-5,7,9H2,1H3,(H,16,17). The summed E-state index contributed by atoms with van der Waals surface area (Å²) in [4.78, 5) is 16.2. The molecule has 7 heteroatoms. The van der Waals surface area contributed by atoms with Gasteiger partial charge in [-0.05, 0) is 18.9 Å². The largest absolute Gasteiger partial charge is 0.383 e. The molecule has 1 fully saturated rings. The van der Waals surface area contributed by atoms with Crippen molar-refractivity contribution in [3.8, 4) is 0 Å². The second-order valence-electron chi connectivity index (χ2n) is 4.92. The third-order valence-corrected chi connectivity index (χ3v) is 4.97. The second kappa shape index (κ2) is 6.21. The van der Waals surface area contributed by atoms with Crippen molar-refractivity contribution in [3.05, 3.63) is 24.0 Å². The monoisotopic (exact) mass is 297 g/mol. The van der Waals surface area contributed by atoms with Crippen LogP contribution in [0.4, 0.5) is 5.69 Å². The second-order valence-corrected chi connectivity index (χ2v) is 7.15. The quantitative estimate of drug-likeness (QED) is 0.840. The van der Waals surface area contributed by atoms with Gasteiger partial charge in [0.05, 0.1) is 29.0 Å². The summed E-state index contributed by atoms with van der Waals surface area (Å²) in [6.45, 7) is 2.79. The summed E-state index contributed by atoms with van der Waals surface area (Å²) in [7, 11) is -2.99. The van der Waals surface area contributed by atoms with Crippen LogP contribution in [0.5, 0.6) is 0 Å². The lowest BCUT2D eigenvalue weighted by Gasteiger charge is -2.14. The zero-order chi connectivity index (χ0) is 14.6. The van der Waals surface area contributed by atoms with Gasteiger partial charge >= 0.3 is 0 Å².